The van der Waals surface area contributed by atoms with Crippen LogP contribution in [0.4, 0.5) is 5.69 Å². The second-order valence-corrected chi connectivity index (χ2v) is 7.74. The number of benzene rings is 2. The molecule has 2 aromatic rings. The van der Waals surface area contributed by atoms with Gasteiger partial charge in [0.25, 0.3) is 5.91 Å². The second kappa shape index (κ2) is 9.70. The summed E-state index contributed by atoms with van der Waals surface area (Å²) in [5, 5.41) is 5.98. The summed E-state index contributed by atoms with van der Waals surface area (Å²) in [5.41, 5.74) is 3.67. The van der Waals surface area contributed by atoms with Crippen molar-refractivity contribution in [2.45, 2.75) is 46.2 Å². The van der Waals surface area contributed by atoms with Crippen LogP contribution < -0.4 is 10.6 Å². The Morgan fingerprint density at radius 2 is 1.62 bits per heavy atom. The van der Waals surface area contributed by atoms with E-state index in [2.05, 4.69) is 29.4 Å². The van der Waals surface area contributed by atoms with Crippen molar-refractivity contribution in [1.82, 2.24) is 10.2 Å². The third-order valence-corrected chi connectivity index (χ3v) is 5.49. The maximum Gasteiger partial charge on any atom is 0.251 e. The van der Waals surface area contributed by atoms with Crippen molar-refractivity contribution in [3.8, 4) is 0 Å². The minimum Gasteiger partial charge on any atom is -0.346 e. The zero-order valence-corrected chi connectivity index (χ0v) is 17.6. The van der Waals surface area contributed by atoms with Gasteiger partial charge in [-0.15, -0.1) is 0 Å². The molecule has 3 rings (SSSR count). The van der Waals surface area contributed by atoms with Crippen molar-refractivity contribution in [2.24, 2.45) is 5.92 Å². The molecule has 0 radical (unpaired) electrons. The van der Waals surface area contributed by atoms with Gasteiger partial charge in [0.2, 0.25) is 5.91 Å². The molecule has 2 aromatic carbocycles. The summed E-state index contributed by atoms with van der Waals surface area (Å²) < 4.78 is 0. The van der Waals surface area contributed by atoms with E-state index in [9.17, 15) is 9.59 Å². The van der Waals surface area contributed by atoms with Gasteiger partial charge >= 0.3 is 0 Å². The van der Waals surface area contributed by atoms with Crippen molar-refractivity contribution >= 4 is 17.5 Å². The summed E-state index contributed by atoms with van der Waals surface area (Å²) in [6.45, 7) is 9.19. The summed E-state index contributed by atoms with van der Waals surface area (Å²) in [6.07, 6.45) is 1.98. The van der Waals surface area contributed by atoms with Gasteiger partial charge in [0.15, 0.2) is 0 Å². The van der Waals surface area contributed by atoms with Crippen LogP contribution in [0.5, 0.6) is 0 Å². The van der Waals surface area contributed by atoms with E-state index in [1.807, 2.05) is 55.5 Å². The van der Waals surface area contributed by atoms with Crippen LogP contribution in [0.1, 0.15) is 61.1 Å². The molecule has 0 bridgehead atoms. The topological polar surface area (TPSA) is 61.4 Å². The van der Waals surface area contributed by atoms with E-state index in [-0.39, 0.29) is 23.8 Å². The standard InChI is InChI=1S/C24H31N3O2/c1-4-27(5-2)16-18-6-8-20(9-7-18)23(28)25-17(3)19-12-14-22(15-13-19)26-24(29)21-10-11-21/h6-9,12-15,17,21H,4-5,10-11,16H2,1-3H3,(H,25,28)(H,26,29). The average molecular weight is 394 g/mol. The maximum absolute atomic E-state index is 12.6. The van der Waals surface area contributed by atoms with Gasteiger partial charge in [-0.2, -0.15) is 0 Å². The Bertz CT molecular complexity index is 822. The first-order chi connectivity index (χ1) is 14.0. The van der Waals surface area contributed by atoms with Gasteiger partial charge in [-0.05, 0) is 68.2 Å². The normalized spacial score (nSPS) is 14.5. The van der Waals surface area contributed by atoms with E-state index in [4.69, 9.17) is 0 Å². The van der Waals surface area contributed by atoms with E-state index in [1.54, 1.807) is 0 Å². The van der Waals surface area contributed by atoms with Crippen LogP contribution in [0.2, 0.25) is 0 Å². The molecule has 0 aromatic heterocycles. The molecule has 29 heavy (non-hydrogen) atoms. The maximum atomic E-state index is 12.6. The molecule has 5 nitrogen and oxygen atoms in total. The Balaban J connectivity index is 1.54. The summed E-state index contributed by atoms with van der Waals surface area (Å²) >= 11 is 0. The predicted molar refractivity (Wildman–Crippen MR) is 117 cm³/mol. The summed E-state index contributed by atoms with van der Waals surface area (Å²) in [4.78, 5) is 26.8. The highest BCUT2D eigenvalue weighted by Crippen LogP contribution is 2.30. The van der Waals surface area contributed by atoms with Crippen molar-refractivity contribution in [3.05, 3.63) is 65.2 Å². The Kier molecular flexibility index (Phi) is 7.04. The Hall–Kier alpha value is -2.66. The van der Waals surface area contributed by atoms with Gasteiger partial charge in [0, 0.05) is 23.7 Å². The monoisotopic (exact) mass is 393 g/mol. The van der Waals surface area contributed by atoms with E-state index < -0.39 is 0 Å². The molecule has 1 unspecified atom stereocenters. The number of anilines is 1. The fourth-order valence-electron chi connectivity index (χ4n) is 3.28. The van der Waals surface area contributed by atoms with Crippen LogP contribution in [-0.2, 0) is 11.3 Å². The predicted octanol–water partition coefficient (Wildman–Crippen LogP) is 4.37. The molecule has 2 N–H and O–H groups in total. The van der Waals surface area contributed by atoms with Crippen molar-refractivity contribution in [2.75, 3.05) is 18.4 Å². The summed E-state index contributed by atoms with van der Waals surface area (Å²) in [5.74, 6) is 0.202. The van der Waals surface area contributed by atoms with Gasteiger partial charge in [-0.25, -0.2) is 0 Å². The summed E-state index contributed by atoms with van der Waals surface area (Å²) in [7, 11) is 0. The zero-order chi connectivity index (χ0) is 20.8. The second-order valence-electron chi connectivity index (χ2n) is 7.74. The molecule has 5 heteroatoms. The lowest BCUT2D eigenvalue weighted by Crippen LogP contribution is -2.26. The minimum atomic E-state index is -0.119. The van der Waals surface area contributed by atoms with Gasteiger partial charge in [-0.3, -0.25) is 14.5 Å². The van der Waals surface area contributed by atoms with Crippen molar-refractivity contribution in [1.29, 1.82) is 0 Å². The highest BCUT2D eigenvalue weighted by atomic mass is 16.2. The smallest absolute Gasteiger partial charge is 0.251 e. The van der Waals surface area contributed by atoms with Crippen LogP contribution in [0.3, 0.4) is 0 Å². The first-order valence-electron chi connectivity index (χ1n) is 10.5. The molecule has 0 saturated heterocycles. The SMILES string of the molecule is CCN(CC)Cc1ccc(C(=O)NC(C)c2ccc(NC(=O)C3CC3)cc2)cc1. The first kappa shape index (κ1) is 21.1. The average Bonchev–Trinajstić information content (AvgIpc) is 3.58. The van der Waals surface area contributed by atoms with Crippen LogP contribution in [0.25, 0.3) is 0 Å². The van der Waals surface area contributed by atoms with Gasteiger partial charge < -0.3 is 10.6 Å². The molecule has 1 aliphatic carbocycles. The fraction of sp³-hybridized carbons (Fsp3) is 0.417. The number of nitrogens with zero attached hydrogens (tertiary/aromatic N) is 1. The van der Waals surface area contributed by atoms with E-state index >= 15 is 0 Å². The molecule has 1 saturated carbocycles. The molecule has 154 valence electrons. The van der Waals surface area contributed by atoms with Gasteiger partial charge in [0.1, 0.15) is 0 Å². The highest BCUT2D eigenvalue weighted by Gasteiger charge is 2.29. The molecule has 1 fully saturated rings. The van der Waals surface area contributed by atoms with Crippen molar-refractivity contribution in [3.63, 3.8) is 0 Å². The number of hydrogen-bond acceptors (Lipinski definition) is 3. The molecule has 0 spiro atoms. The Morgan fingerprint density at radius 1 is 1.00 bits per heavy atom. The van der Waals surface area contributed by atoms with Crippen molar-refractivity contribution < 1.29 is 9.59 Å². The number of rotatable bonds is 9. The lowest BCUT2D eigenvalue weighted by atomic mass is 10.1. The molecule has 1 atom stereocenters. The van der Waals surface area contributed by atoms with Crippen LogP contribution >= 0.6 is 0 Å². The van der Waals surface area contributed by atoms with Crippen LogP contribution in [0.15, 0.2) is 48.5 Å². The number of amides is 2. The molecular weight excluding hydrogens is 362 g/mol. The minimum absolute atomic E-state index is 0.0852. The Labute approximate surface area is 173 Å². The van der Waals surface area contributed by atoms with E-state index in [0.717, 1.165) is 43.7 Å². The van der Waals surface area contributed by atoms with E-state index in [0.29, 0.717) is 5.56 Å². The quantitative estimate of drug-likeness (QED) is 0.665. The number of carbonyl (C=O) groups is 2. The highest BCUT2D eigenvalue weighted by molar-refractivity contribution is 5.95. The fourth-order valence-corrected chi connectivity index (χ4v) is 3.28. The molecular formula is C24H31N3O2. The lowest BCUT2D eigenvalue weighted by Gasteiger charge is -2.18. The largest absolute Gasteiger partial charge is 0.346 e. The van der Waals surface area contributed by atoms with Crippen LogP contribution in [0, 0.1) is 5.92 Å². The lowest BCUT2D eigenvalue weighted by molar-refractivity contribution is -0.117. The molecule has 1 aliphatic rings. The third kappa shape index (κ3) is 5.91. The van der Waals surface area contributed by atoms with Gasteiger partial charge in [-0.1, -0.05) is 38.1 Å². The number of carbonyl (C=O) groups excluding carboxylic acids is 2. The summed E-state index contributed by atoms with van der Waals surface area (Å²) in [6, 6.07) is 15.4. The zero-order valence-electron chi connectivity index (χ0n) is 17.6. The van der Waals surface area contributed by atoms with Crippen LogP contribution in [-0.4, -0.2) is 29.8 Å². The first-order valence-corrected chi connectivity index (χ1v) is 10.5. The van der Waals surface area contributed by atoms with Gasteiger partial charge in [0.05, 0.1) is 6.04 Å². The number of nitrogens with one attached hydrogen (secondary N) is 2. The Morgan fingerprint density at radius 3 is 2.17 bits per heavy atom. The van der Waals surface area contributed by atoms with E-state index in [1.165, 1.54) is 5.56 Å². The third-order valence-electron chi connectivity index (χ3n) is 5.49. The molecule has 0 aliphatic heterocycles. The molecule has 0 heterocycles. The number of hydrogen-bond donors (Lipinski definition) is 2. The molecule has 2 amide bonds.